The number of hydrogen-bond acceptors (Lipinski definition) is 6. The minimum absolute atomic E-state index is 0.0435. The highest BCUT2D eigenvalue weighted by Gasteiger charge is 2.28. The fourth-order valence-corrected chi connectivity index (χ4v) is 4.57. The maximum absolute atomic E-state index is 13.4. The second-order valence-electron chi connectivity index (χ2n) is 8.10. The van der Waals surface area contributed by atoms with Crippen molar-refractivity contribution in [2.45, 2.75) is 44.6 Å². The number of carbonyl (C=O) groups excluding carboxylic acids is 1. The highest BCUT2D eigenvalue weighted by molar-refractivity contribution is 6.33. The Balaban J connectivity index is 1.32. The Bertz CT molecular complexity index is 1110. The molecule has 7 nitrogen and oxygen atoms in total. The van der Waals surface area contributed by atoms with Crippen LogP contribution in [0.3, 0.4) is 0 Å². The van der Waals surface area contributed by atoms with Crippen LogP contribution in [0.2, 0.25) is 5.02 Å². The molecule has 2 heterocycles. The molecule has 166 valence electrons. The van der Waals surface area contributed by atoms with Crippen molar-refractivity contribution < 1.29 is 18.8 Å². The summed E-state index contributed by atoms with van der Waals surface area (Å²) >= 11 is 6.32. The summed E-state index contributed by atoms with van der Waals surface area (Å²) < 4.78 is 16.3. The fraction of sp³-hybridized carbons (Fsp3) is 0.375. The topological polar surface area (TPSA) is 77.7 Å². The average Bonchev–Trinajstić information content (AvgIpc) is 3.49. The van der Waals surface area contributed by atoms with Crippen LogP contribution in [0.1, 0.15) is 48.4 Å². The van der Waals surface area contributed by atoms with Crippen molar-refractivity contribution in [3.05, 3.63) is 58.9 Å². The summed E-state index contributed by atoms with van der Waals surface area (Å²) in [4.78, 5) is 19.8. The Morgan fingerprint density at radius 3 is 2.72 bits per heavy atom. The minimum atomic E-state index is -0.0435. The van der Waals surface area contributed by atoms with E-state index in [1.165, 1.54) is 6.42 Å². The zero-order valence-corrected chi connectivity index (χ0v) is 18.4. The van der Waals surface area contributed by atoms with Gasteiger partial charge in [0, 0.05) is 24.6 Å². The van der Waals surface area contributed by atoms with E-state index >= 15 is 0 Å². The molecule has 0 N–H and O–H groups in total. The molecular weight excluding hydrogens is 430 g/mol. The number of carbonyl (C=O) groups is 1. The van der Waals surface area contributed by atoms with Gasteiger partial charge in [0.1, 0.15) is 0 Å². The van der Waals surface area contributed by atoms with Gasteiger partial charge in [-0.3, -0.25) is 4.79 Å². The predicted molar refractivity (Wildman–Crippen MR) is 119 cm³/mol. The Morgan fingerprint density at radius 2 is 1.88 bits per heavy atom. The van der Waals surface area contributed by atoms with E-state index < -0.39 is 0 Å². The van der Waals surface area contributed by atoms with Gasteiger partial charge in [0.25, 0.3) is 5.91 Å². The molecule has 3 aromatic rings. The molecule has 0 saturated heterocycles. The number of benzene rings is 2. The largest absolute Gasteiger partial charge is 0.454 e. The third-order valence-corrected chi connectivity index (χ3v) is 6.38. The van der Waals surface area contributed by atoms with Gasteiger partial charge >= 0.3 is 0 Å². The van der Waals surface area contributed by atoms with Crippen molar-refractivity contribution in [1.29, 1.82) is 0 Å². The van der Waals surface area contributed by atoms with Gasteiger partial charge in [-0.25, -0.2) is 0 Å². The number of fused-ring (bicyclic) bond motifs is 1. The highest BCUT2D eigenvalue weighted by atomic mass is 35.5. The van der Waals surface area contributed by atoms with Crippen LogP contribution in [-0.4, -0.2) is 40.3 Å². The summed E-state index contributed by atoms with van der Waals surface area (Å²) in [6.07, 6.45) is 5.96. The first-order valence-electron chi connectivity index (χ1n) is 11.0. The first-order valence-corrected chi connectivity index (χ1v) is 11.3. The Kier molecular flexibility index (Phi) is 5.99. The lowest BCUT2D eigenvalue weighted by atomic mass is 9.93. The highest BCUT2D eigenvalue weighted by Crippen LogP contribution is 2.35. The van der Waals surface area contributed by atoms with Gasteiger partial charge in [0.2, 0.25) is 18.5 Å². The van der Waals surface area contributed by atoms with Crippen LogP contribution in [0.4, 0.5) is 0 Å². The molecule has 1 amide bonds. The van der Waals surface area contributed by atoms with Crippen molar-refractivity contribution >= 4 is 17.5 Å². The molecule has 2 aliphatic rings. The van der Waals surface area contributed by atoms with Crippen molar-refractivity contribution in [3.8, 4) is 22.9 Å². The van der Waals surface area contributed by atoms with Gasteiger partial charge in [-0.1, -0.05) is 48.2 Å². The molecule has 0 radical (unpaired) electrons. The number of ether oxygens (including phenoxy) is 2. The van der Waals surface area contributed by atoms with Crippen LogP contribution in [0.25, 0.3) is 11.4 Å². The van der Waals surface area contributed by atoms with E-state index in [9.17, 15) is 4.79 Å². The number of amides is 1. The van der Waals surface area contributed by atoms with E-state index in [-0.39, 0.29) is 18.7 Å². The van der Waals surface area contributed by atoms with Crippen molar-refractivity contribution in [2.75, 3.05) is 13.3 Å². The van der Waals surface area contributed by atoms with Crippen molar-refractivity contribution in [3.63, 3.8) is 0 Å². The first-order chi connectivity index (χ1) is 15.7. The van der Waals surface area contributed by atoms with Crippen LogP contribution in [-0.2, 0) is 6.42 Å². The van der Waals surface area contributed by atoms with Crippen LogP contribution in [0.5, 0.6) is 11.5 Å². The predicted octanol–water partition coefficient (Wildman–Crippen LogP) is 5.14. The molecule has 1 aliphatic heterocycles. The number of halogens is 1. The average molecular weight is 454 g/mol. The van der Waals surface area contributed by atoms with Gasteiger partial charge in [-0.15, -0.1) is 0 Å². The number of hydrogen-bond donors (Lipinski definition) is 0. The Morgan fingerprint density at radius 1 is 1.06 bits per heavy atom. The third kappa shape index (κ3) is 4.30. The molecule has 0 spiro atoms. The molecule has 1 aliphatic carbocycles. The summed E-state index contributed by atoms with van der Waals surface area (Å²) in [5, 5.41) is 4.59. The lowest BCUT2D eigenvalue weighted by molar-refractivity contribution is 0.0632. The summed E-state index contributed by atoms with van der Waals surface area (Å²) in [5.41, 5.74) is 1.33. The Labute approximate surface area is 191 Å². The van der Waals surface area contributed by atoms with E-state index in [1.807, 2.05) is 35.2 Å². The van der Waals surface area contributed by atoms with E-state index in [4.69, 9.17) is 25.6 Å². The maximum atomic E-state index is 13.4. The van der Waals surface area contributed by atoms with Crippen LogP contribution < -0.4 is 9.47 Å². The molecular formula is C24H24ClN3O4. The quantitative estimate of drug-likeness (QED) is 0.514. The van der Waals surface area contributed by atoms with Crippen LogP contribution >= 0.6 is 11.6 Å². The molecule has 2 aromatic carbocycles. The number of aromatic nitrogens is 2. The second-order valence-corrected chi connectivity index (χ2v) is 8.51. The van der Waals surface area contributed by atoms with Crippen molar-refractivity contribution in [1.82, 2.24) is 15.0 Å². The van der Waals surface area contributed by atoms with Gasteiger partial charge in [-0.2, -0.15) is 4.98 Å². The zero-order chi connectivity index (χ0) is 21.9. The Hall–Kier alpha value is -3.06. The monoisotopic (exact) mass is 453 g/mol. The van der Waals surface area contributed by atoms with Gasteiger partial charge < -0.3 is 18.9 Å². The molecule has 0 atom stereocenters. The SMILES string of the molecule is O=C(c1ccccc1Cl)N(CCc1nc(-c2ccc3c(c2)OCO3)no1)C1CCCCC1. The molecule has 8 heteroatoms. The number of rotatable bonds is 6. The molecule has 1 saturated carbocycles. The third-order valence-electron chi connectivity index (χ3n) is 6.05. The van der Waals surface area contributed by atoms with Gasteiger partial charge in [0.15, 0.2) is 11.5 Å². The van der Waals surface area contributed by atoms with Gasteiger partial charge in [0.05, 0.1) is 10.6 Å². The standard InChI is InChI=1S/C24H24ClN3O4/c25-19-9-5-4-8-18(19)24(29)28(17-6-2-1-3-7-17)13-12-22-26-23(27-32-22)16-10-11-20-21(14-16)31-15-30-20/h4-5,8-11,14,17H,1-3,6-7,12-13,15H2. The smallest absolute Gasteiger partial charge is 0.255 e. The molecule has 1 fully saturated rings. The zero-order valence-electron chi connectivity index (χ0n) is 17.6. The van der Waals surface area contributed by atoms with Crippen LogP contribution in [0, 0.1) is 0 Å². The fourth-order valence-electron chi connectivity index (χ4n) is 4.36. The maximum Gasteiger partial charge on any atom is 0.255 e. The minimum Gasteiger partial charge on any atom is -0.454 e. The lowest BCUT2D eigenvalue weighted by Gasteiger charge is -2.34. The summed E-state index contributed by atoms with van der Waals surface area (Å²) in [5.74, 6) is 2.31. The number of nitrogens with zero attached hydrogens (tertiary/aromatic N) is 3. The van der Waals surface area contributed by atoms with E-state index in [0.29, 0.717) is 46.8 Å². The normalized spacial score (nSPS) is 15.7. The molecule has 0 unspecified atom stereocenters. The second kappa shape index (κ2) is 9.20. The summed E-state index contributed by atoms with van der Waals surface area (Å²) in [6, 6.07) is 13.0. The molecule has 1 aromatic heterocycles. The summed E-state index contributed by atoms with van der Waals surface area (Å²) in [7, 11) is 0. The molecule has 32 heavy (non-hydrogen) atoms. The van der Waals surface area contributed by atoms with E-state index in [2.05, 4.69) is 10.1 Å². The van der Waals surface area contributed by atoms with E-state index in [0.717, 1.165) is 31.2 Å². The van der Waals surface area contributed by atoms with Crippen molar-refractivity contribution in [2.24, 2.45) is 0 Å². The lowest BCUT2D eigenvalue weighted by Crippen LogP contribution is -2.42. The van der Waals surface area contributed by atoms with Gasteiger partial charge in [-0.05, 0) is 43.2 Å². The van der Waals surface area contributed by atoms with Crippen LogP contribution in [0.15, 0.2) is 47.0 Å². The first kappa shape index (κ1) is 20.8. The summed E-state index contributed by atoms with van der Waals surface area (Å²) in [6.45, 7) is 0.713. The molecule has 0 bridgehead atoms. The molecule has 5 rings (SSSR count). The van der Waals surface area contributed by atoms with E-state index in [1.54, 1.807) is 12.1 Å².